The van der Waals surface area contributed by atoms with Crippen molar-refractivity contribution in [3.8, 4) is 0 Å². The molecule has 0 spiro atoms. The van der Waals surface area contributed by atoms with Crippen LogP contribution in [0.25, 0.3) is 0 Å². The average Bonchev–Trinajstić information content (AvgIpc) is 1.88. The predicted molar refractivity (Wildman–Crippen MR) is 53.6 cm³/mol. The lowest BCUT2D eigenvalue weighted by molar-refractivity contribution is 0.977. The van der Waals surface area contributed by atoms with E-state index in [4.69, 9.17) is 0 Å². The molecular formula is C9H11I. The summed E-state index contributed by atoms with van der Waals surface area (Å²) < 4.78 is 0.736. The topological polar surface area (TPSA) is 0 Å². The van der Waals surface area contributed by atoms with Crippen LogP contribution in [-0.2, 0) is 6.42 Å². The van der Waals surface area contributed by atoms with Gasteiger partial charge >= 0.3 is 0 Å². The maximum absolute atomic E-state index is 2.45. The molecule has 0 saturated heterocycles. The van der Waals surface area contributed by atoms with Crippen LogP contribution in [0.5, 0.6) is 0 Å². The van der Waals surface area contributed by atoms with Crippen molar-refractivity contribution in [3.63, 3.8) is 0 Å². The van der Waals surface area contributed by atoms with Gasteiger partial charge in [-0.1, -0.05) is 59.8 Å². The molecule has 10 heavy (non-hydrogen) atoms. The van der Waals surface area contributed by atoms with Crippen LogP contribution in [0.1, 0.15) is 12.5 Å². The van der Waals surface area contributed by atoms with E-state index in [0.29, 0.717) is 0 Å². The Balaban J connectivity index is 2.59. The van der Waals surface area contributed by atoms with Crippen molar-refractivity contribution in [1.82, 2.24) is 0 Å². The summed E-state index contributed by atoms with van der Waals surface area (Å²) in [7, 11) is 0. The second-order valence-electron chi connectivity index (χ2n) is 2.47. The molecule has 1 rings (SSSR count). The fraction of sp³-hybridized carbons (Fsp3) is 0.333. The fourth-order valence-electron chi connectivity index (χ4n) is 0.939. The van der Waals surface area contributed by atoms with Gasteiger partial charge in [-0.2, -0.15) is 0 Å². The van der Waals surface area contributed by atoms with Gasteiger partial charge in [0, 0.05) is 3.92 Å². The van der Waals surface area contributed by atoms with E-state index in [2.05, 4.69) is 59.8 Å². The molecule has 1 heteroatoms. The molecule has 0 amide bonds. The summed E-state index contributed by atoms with van der Waals surface area (Å²) in [6.45, 7) is 2.23. The summed E-state index contributed by atoms with van der Waals surface area (Å²) in [5, 5.41) is 0. The van der Waals surface area contributed by atoms with Gasteiger partial charge in [0.25, 0.3) is 0 Å². The van der Waals surface area contributed by atoms with Crippen LogP contribution in [0.2, 0.25) is 0 Å². The molecule has 0 aliphatic rings. The summed E-state index contributed by atoms with van der Waals surface area (Å²) in [6.07, 6.45) is 1.18. The van der Waals surface area contributed by atoms with Gasteiger partial charge in [0.2, 0.25) is 0 Å². The van der Waals surface area contributed by atoms with Crippen LogP contribution >= 0.6 is 22.6 Å². The van der Waals surface area contributed by atoms with Crippen molar-refractivity contribution in [2.24, 2.45) is 0 Å². The van der Waals surface area contributed by atoms with E-state index in [9.17, 15) is 0 Å². The normalized spacial score (nSPS) is 13.0. The average molecular weight is 246 g/mol. The van der Waals surface area contributed by atoms with Gasteiger partial charge in [-0.25, -0.2) is 0 Å². The number of hydrogen-bond donors (Lipinski definition) is 0. The van der Waals surface area contributed by atoms with E-state index in [1.54, 1.807) is 0 Å². The monoisotopic (exact) mass is 246 g/mol. The molecule has 54 valence electrons. The van der Waals surface area contributed by atoms with Crippen molar-refractivity contribution in [2.75, 3.05) is 0 Å². The Labute approximate surface area is 75.8 Å². The molecule has 0 saturated carbocycles. The first-order chi connectivity index (χ1) is 4.79. The molecular weight excluding hydrogens is 235 g/mol. The summed E-state index contributed by atoms with van der Waals surface area (Å²) >= 11 is 2.45. The highest BCUT2D eigenvalue weighted by molar-refractivity contribution is 14.1. The molecule has 0 fully saturated rings. The largest absolute Gasteiger partial charge is 0.0826 e. The molecule has 1 atom stereocenters. The van der Waals surface area contributed by atoms with E-state index in [1.165, 1.54) is 12.0 Å². The molecule has 0 unspecified atom stereocenters. The molecule has 0 nitrogen and oxygen atoms in total. The zero-order chi connectivity index (χ0) is 7.40. The summed E-state index contributed by atoms with van der Waals surface area (Å²) in [5.41, 5.74) is 1.43. The fourth-order valence-corrected chi connectivity index (χ4v) is 1.45. The third-order valence-corrected chi connectivity index (χ3v) is 1.80. The number of alkyl halides is 1. The van der Waals surface area contributed by atoms with E-state index in [0.717, 1.165) is 3.92 Å². The molecule has 0 bridgehead atoms. The third-order valence-electron chi connectivity index (χ3n) is 1.36. The van der Waals surface area contributed by atoms with Gasteiger partial charge in [-0.15, -0.1) is 0 Å². The van der Waals surface area contributed by atoms with Crippen molar-refractivity contribution >= 4 is 22.6 Å². The van der Waals surface area contributed by atoms with Crippen molar-refractivity contribution in [1.29, 1.82) is 0 Å². The zero-order valence-corrected chi connectivity index (χ0v) is 8.21. The first-order valence-electron chi connectivity index (χ1n) is 3.47. The van der Waals surface area contributed by atoms with E-state index >= 15 is 0 Å². The lowest BCUT2D eigenvalue weighted by Gasteiger charge is -2.01. The number of hydrogen-bond acceptors (Lipinski definition) is 0. The number of rotatable bonds is 2. The van der Waals surface area contributed by atoms with Gasteiger partial charge in [0.05, 0.1) is 0 Å². The summed E-state index contributed by atoms with van der Waals surface area (Å²) in [6, 6.07) is 10.6. The number of halogens is 1. The van der Waals surface area contributed by atoms with E-state index in [1.807, 2.05) is 0 Å². The van der Waals surface area contributed by atoms with E-state index < -0.39 is 0 Å². The third kappa shape index (κ3) is 2.69. The Bertz CT molecular complexity index is 179. The lowest BCUT2D eigenvalue weighted by Crippen LogP contribution is -1.94. The maximum Gasteiger partial charge on any atom is 0.0122 e. The summed E-state index contributed by atoms with van der Waals surface area (Å²) in [5.74, 6) is 0. The van der Waals surface area contributed by atoms with Crippen LogP contribution in [0.3, 0.4) is 0 Å². The lowest BCUT2D eigenvalue weighted by atomic mass is 10.1. The quantitative estimate of drug-likeness (QED) is 0.555. The molecule has 0 N–H and O–H groups in total. The zero-order valence-electron chi connectivity index (χ0n) is 6.05. The van der Waals surface area contributed by atoms with Crippen LogP contribution in [-0.4, -0.2) is 3.92 Å². The highest BCUT2D eigenvalue weighted by Crippen LogP contribution is 2.08. The van der Waals surface area contributed by atoms with Gasteiger partial charge in [0.15, 0.2) is 0 Å². The second-order valence-corrected chi connectivity index (χ2v) is 4.60. The smallest absolute Gasteiger partial charge is 0.0122 e. The Morgan fingerprint density at radius 1 is 1.30 bits per heavy atom. The first-order valence-corrected chi connectivity index (χ1v) is 4.71. The van der Waals surface area contributed by atoms with Gasteiger partial charge < -0.3 is 0 Å². The van der Waals surface area contributed by atoms with Crippen LogP contribution in [0.4, 0.5) is 0 Å². The molecule has 0 aromatic heterocycles. The van der Waals surface area contributed by atoms with Crippen LogP contribution in [0, 0.1) is 0 Å². The highest BCUT2D eigenvalue weighted by atomic mass is 127. The van der Waals surface area contributed by atoms with Gasteiger partial charge in [0.1, 0.15) is 0 Å². The molecule has 1 aromatic rings. The minimum Gasteiger partial charge on any atom is -0.0826 e. The van der Waals surface area contributed by atoms with Crippen LogP contribution in [0.15, 0.2) is 30.3 Å². The first kappa shape index (κ1) is 8.05. The molecule has 0 radical (unpaired) electrons. The second kappa shape index (κ2) is 3.96. The Morgan fingerprint density at radius 3 is 2.40 bits per heavy atom. The Kier molecular flexibility index (Phi) is 3.19. The van der Waals surface area contributed by atoms with Crippen molar-refractivity contribution in [3.05, 3.63) is 35.9 Å². The predicted octanol–water partition coefficient (Wildman–Crippen LogP) is 3.05. The molecule has 0 aliphatic heterocycles. The Hall–Kier alpha value is -0.0500. The standard InChI is InChI=1S/C9H11I/c1-8(10)7-9-5-3-2-4-6-9/h2-6,8H,7H2,1H3/t8-/m1/s1. The minimum absolute atomic E-state index is 0.736. The number of benzene rings is 1. The SMILES string of the molecule is C[C@@H](I)Cc1ccccc1. The van der Waals surface area contributed by atoms with Crippen molar-refractivity contribution in [2.45, 2.75) is 17.3 Å². The van der Waals surface area contributed by atoms with Crippen molar-refractivity contribution < 1.29 is 0 Å². The summed E-state index contributed by atoms with van der Waals surface area (Å²) in [4.78, 5) is 0. The maximum atomic E-state index is 2.45. The highest BCUT2D eigenvalue weighted by Gasteiger charge is 1.95. The minimum atomic E-state index is 0.736. The van der Waals surface area contributed by atoms with Gasteiger partial charge in [-0.05, 0) is 12.0 Å². The Morgan fingerprint density at radius 2 is 1.90 bits per heavy atom. The molecule has 1 aromatic carbocycles. The molecule has 0 aliphatic carbocycles. The molecule has 0 heterocycles. The van der Waals surface area contributed by atoms with Crippen LogP contribution < -0.4 is 0 Å². The van der Waals surface area contributed by atoms with Gasteiger partial charge in [-0.3, -0.25) is 0 Å². The van der Waals surface area contributed by atoms with E-state index in [-0.39, 0.29) is 0 Å².